The second-order valence-corrected chi connectivity index (χ2v) is 5.08. The van der Waals surface area contributed by atoms with Gasteiger partial charge in [0.2, 0.25) is 0 Å². The van der Waals surface area contributed by atoms with E-state index in [0.29, 0.717) is 13.2 Å². The Morgan fingerprint density at radius 2 is 1.90 bits per heavy atom. The van der Waals surface area contributed by atoms with E-state index in [0.717, 1.165) is 33.5 Å². The highest BCUT2D eigenvalue weighted by atomic mass is 16.5. The highest BCUT2D eigenvalue weighted by Gasteiger charge is 2.05. The van der Waals surface area contributed by atoms with Gasteiger partial charge in [0, 0.05) is 23.2 Å². The monoisotopic (exact) mass is 278 g/mol. The lowest BCUT2D eigenvalue weighted by Gasteiger charge is -2.10. The van der Waals surface area contributed by atoms with Crippen LogP contribution in [0.5, 0.6) is 5.75 Å². The maximum absolute atomic E-state index is 5.91. The smallest absolute Gasteiger partial charge is 0.120 e. The molecule has 3 rings (SSSR count). The Bertz CT molecular complexity index is 768. The highest BCUT2D eigenvalue weighted by molar-refractivity contribution is 5.82. The van der Waals surface area contributed by atoms with Gasteiger partial charge in [-0.1, -0.05) is 30.3 Å². The third kappa shape index (κ3) is 3.03. The van der Waals surface area contributed by atoms with E-state index in [4.69, 9.17) is 10.5 Å². The van der Waals surface area contributed by atoms with Crippen molar-refractivity contribution < 1.29 is 4.74 Å². The average molecular weight is 278 g/mol. The van der Waals surface area contributed by atoms with E-state index in [2.05, 4.69) is 17.1 Å². The summed E-state index contributed by atoms with van der Waals surface area (Å²) in [5.41, 5.74) is 9.89. The van der Waals surface area contributed by atoms with Gasteiger partial charge in [-0.2, -0.15) is 0 Å². The zero-order valence-corrected chi connectivity index (χ0v) is 12.0. The van der Waals surface area contributed by atoms with Crippen molar-refractivity contribution in [3.8, 4) is 5.75 Å². The zero-order chi connectivity index (χ0) is 14.7. The lowest BCUT2D eigenvalue weighted by molar-refractivity contribution is 0.307. The zero-order valence-electron chi connectivity index (χ0n) is 12.0. The van der Waals surface area contributed by atoms with Crippen molar-refractivity contribution in [2.24, 2.45) is 5.73 Å². The second kappa shape index (κ2) is 5.94. The number of benzene rings is 2. The molecule has 0 saturated carbocycles. The number of rotatable bonds is 4. The number of fused-ring (bicyclic) bond motifs is 1. The van der Waals surface area contributed by atoms with Crippen LogP contribution in [-0.4, -0.2) is 4.98 Å². The summed E-state index contributed by atoms with van der Waals surface area (Å²) in [6.45, 7) is 3.05. The Morgan fingerprint density at radius 3 is 2.76 bits per heavy atom. The molecule has 0 saturated heterocycles. The molecule has 0 unspecified atom stereocenters. The molecule has 1 aromatic heterocycles. The van der Waals surface area contributed by atoms with Gasteiger partial charge in [0.15, 0.2) is 0 Å². The van der Waals surface area contributed by atoms with Crippen LogP contribution in [0.3, 0.4) is 0 Å². The van der Waals surface area contributed by atoms with E-state index in [1.807, 2.05) is 49.4 Å². The number of hydrogen-bond donors (Lipinski definition) is 1. The number of hydrogen-bond acceptors (Lipinski definition) is 3. The standard InChI is InChI=1S/C18H18N2O/c1-13-9-15(17-7-2-3-8-18(17)20-13)12-21-16-6-4-5-14(10-16)11-19/h2-10H,11-12,19H2,1H3. The molecule has 0 aliphatic carbocycles. The maximum Gasteiger partial charge on any atom is 0.120 e. The number of nitrogens with zero attached hydrogens (tertiary/aromatic N) is 1. The van der Waals surface area contributed by atoms with Crippen LogP contribution in [-0.2, 0) is 13.2 Å². The van der Waals surface area contributed by atoms with Gasteiger partial charge in [0.25, 0.3) is 0 Å². The Morgan fingerprint density at radius 1 is 1.05 bits per heavy atom. The Balaban J connectivity index is 1.87. The number of aryl methyl sites for hydroxylation is 1. The van der Waals surface area contributed by atoms with Crippen molar-refractivity contribution in [2.45, 2.75) is 20.1 Å². The van der Waals surface area contributed by atoms with Gasteiger partial charge in [-0.15, -0.1) is 0 Å². The summed E-state index contributed by atoms with van der Waals surface area (Å²) in [7, 11) is 0. The Kier molecular flexibility index (Phi) is 3.84. The fourth-order valence-corrected chi connectivity index (χ4v) is 2.44. The molecular formula is C18H18N2O. The van der Waals surface area contributed by atoms with Gasteiger partial charge in [0.1, 0.15) is 12.4 Å². The summed E-state index contributed by atoms with van der Waals surface area (Å²) < 4.78 is 5.91. The minimum absolute atomic E-state index is 0.522. The van der Waals surface area contributed by atoms with Crippen molar-refractivity contribution in [3.63, 3.8) is 0 Å². The molecule has 0 radical (unpaired) electrons. The molecule has 0 aliphatic rings. The average Bonchev–Trinajstić information content (AvgIpc) is 2.52. The first-order chi connectivity index (χ1) is 10.3. The van der Waals surface area contributed by atoms with Crippen LogP contribution >= 0.6 is 0 Å². The van der Waals surface area contributed by atoms with Gasteiger partial charge in [-0.25, -0.2) is 0 Å². The molecule has 1 heterocycles. The maximum atomic E-state index is 5.91. The number of para-hydroxylation sites is 1. The number of nitrogens with two attached hydrogens (primary N) is 1. The quantitative estimate of drug-likeness (QED) is 0.793. The lowest BCUT2D eigenvalue weighted by atomic mass is 10.1. The summed E-state index contributed by atoms with van der Waals surface area (Å²) in [4.78, 5) is 4.55. The normalized spacial score (nSPS) is 10.8. The minimum Gasteiger partial charge on any atom is -0.489 e. The molecule has 0 atom stereocenters. The molecule has 0 spiro atoms. The van der Waals surface area contributed by atoms with Crippen LogP contribution in [0, 0.1) is 6.92 Å². The molecule has 3 heteroatoms. The summed E-state index contributed by atoms with van der Waals surface area (Å²) in [6.07, 6.45) is 0. The molecule has 0 aliphatic heterocycles. The first-order valence-electron chi connectivity index (χ1n) is 7.03. The molecule has 2 N–H and O–H groups in total. The number of ether oxygens (including phenoxy) is 1. The first kappa shape index (κ1) is 13.6. The Hall–Kier alpha value is -2.39. The summed E-state index contributed by atoms with van der Waals surface area (Å²) in [5.74, 6) is 0.844. The SMILES string of the molecule is Cc1cc(COc2cccc(CN)c2)c2ccccc2n1. The number of aromatic nitrogens is 1. The topological polar surface area (TPSA) is 48.1 Å². The summed E-state index contributed by atoms with van der Waals surface area (Å²) in [5, 5.41) is 1.14. The van der Waals surface area contributed by atoms with E-state index >= 15 is 0 Å². The molecule has 3 nitrogen and oxygen atoms in total. The van der Waals surface area contributed by atoms with E-state index in [1.165, 1.54) is 0 Å². The second-order valence-electron chi connectivity index (χ2n) is 5.08. The molecule has 21 heavy (non-hydrogen) atoms. The van der Waals surface area contributed by atoms with Gasteiger partial charge >= 0.3 is 0 Å². The van der Waals surface area contributed by atoms with Crippen LogP contribution in [0.1, 0.15) is 16.8 Å². The lowest BCUT2D eigenvalue weighted by Crippen LogP contribution is -2.00. The minimum atomic E-state index is 0.522. The van der Waals surface area contributed by atoms with Crippen LogP contribution in [0.25, 0.3) is 10.9 Å². The highest BCUT2D eigenvalue weighted by Crippen LogP contribution is 2.21. The van der Waals surface area contributed by atoms with E-state index in [-0.39, 0.29) is 0 Å². The molecule has 3 aromatic rings. The van der Waals surface area contributed by atoms with Crippen LogP contribution in [0.2, 0.25) is 0 Å². The molecular weight excluding hydrogens is 260 g/mol. The third-order valence-electron chi connectivity index (χ3n) is 3.46. The van der Waals surface area contributed by atoms with Gasteiger partial charge in [-0.3, -0.25) is 4.98 Å². The van der Waals surface area contributed by atoms with Gasteiger partial charge < -0.3 is 10.5 Å². The molecule has 2 aromatic carbocycles. The van der Waals surface area contributed by atoms with Crippen molar-refractivity contribution in [1.29, 1.82) is 0 Å². The van der Waals surface area contributed by atoms with E-state index in [9.17, 15) is 0 Å². The van der Waals surface area contributed by atoms with Gasteiger partial charge in [0.05, 0.1) is 5.52 Å². The first-order valence-corrected chi connectivity index (χ1v) is 7.03. The van der Waals surface area contributed by atoms with Crippen LogP contribution < -0.4 is 10.5 Å². The third-order valence-corrected chi connectivity index (χ3v) is 3.46. The largest absolute Gasteiger partial charge is 0.489 e. The van der Waals surface area contributed by atoms with Crippen molar-refractivity contribution in [3.05, 3.63) is 71.4 Å². The van der Waals surface area contributed by atoms with Crippen molar-refractivity contribution in [2.75, 3.05) is 0 Å². The van der Waals surface area contributed by atoms with Crippen LogP contribution in [0.15, 0.2) is 54.6 Å². The van der Waals surface area contributed by atoms with Crippen LogP contribution in [0.4, 0.5) is 0 Å². The molecule has 0 bridgehead atoms. The van der Waals surface area contributed by atoms with E-state index in [1.54, 1.807) is 0 Å². The fraction of sp³-hybridized carbons (Fsp3) is 0.167. The van der Waals surface area contributed by atoms with E-state index < -0.39 is 0 Å². The number of pyridine rings is 1. The van der Waals surface area contributed by atoms with Crippen molar-refractivity contribution >= 4 is 10.9 Å². The molecule has 0 fully saturated rings. The van der Waals surface area contributed by atoms with Crippen molar-refractivity contribution in [1.82, 2.24) is 4.98 Å². The molecule has 106 valence electrons. The Labute approximate surface area is 124 Å². The molecule has 0 amide bonds. The summed E-state index contributed by atoms with van der Waals surface area (Å²) >= 11 is 0. The predicted molar refractivity (Wildman–Crippen MR) is 85.1 cm³/mol. The predicted octanol–water partition coefficient (Wildman–Crippen LogP) is 3.58. The summed E-state index contributed by atoms with van der Waals surface area (Å²) in [6, 6.07) is 18.1. The van der Waals surface area contributed by atoms with Gasteiger partial charge in [-0.05, 0) is 36.8 Å². The fourth-order valence-electron chi connectivity index (χ4n) is 2.44.